The fourth-order valence-electron chi connectivity index (χ4n) is 10.6. The van der Waals surface area contributed by atoms with Gasteiger partial charge in [0.05, 0.1) is 28.5 Å². The predicted molar refractivity (Wildman–Crippen MR) is 245 cm³/mol. The average molecular weight is 891 g/mol. The molecule has 0 unspecified atom stereocenters. The van der Waals surface area contributed by atoms with E-state index >= 15 is 0 Å². The number of benzene rings is 2. The Morgan fingerprint density at radius 1 is 1.00 bits per heavy atom. The standard InChI is InChI=1S/C48H58N8O7S/c1-31(2)38-7-4-5-8-39(38)41-9-6-20-55(41)35-26-48(27-35)17-21-54(22-18-48)34-10-11-40(43(24-34)63-36-23-33-14-19-49-44(33)51-29-36)46(57)53-64(61,62)37-25-42(56(59)60)45(52-30-37)50-28-32-12-15-47(3,58)16-13-32/h4-5,7-8,10-11,14,19,23-25,29-32,35,41,58H,6,9,12-13,15-18,20-22,26-28H2,1-3H3,(H,49,51)(H,50,52)(H,53,57)/t32-,41-,47-/m0/s1. The average Bonchev–Trinajstić information content (AvgIpc) is 3.95. The number of pyridine rings is 2. The molecule has 4 fully saturated rings. The molecule has 16 heteroatoms. The normalized spacial score (nSPS) is 22.7. The zero-order valence-electron chi connectivity index (χ0n) is 36.8. The van der Waals surface area contributed by atoms with E-state index < -0.39 is 37.0 Å². The van der Waals surface area contributed by atoms with Crippen LogP contribution < -0.4 is 19.7 Å². The first-order valence-electron chi connectivity index (χ1n) is 22.7. The van der Waals surface area contributed by atoms with Gasteiger partial charge < -0.3 is 25.0 Å². The summed E-state index contributed by atoms with van der Waals surface area (Å²) in [5.41, 5.74) is 3.47. The van der Waals surface area contributed by atoms with Crippen LogP contribution in [0.3, 0.4) is 0 Å². The van der Waals surface area contributed by atoms with Gasteiger partial charge in [0, 0.05) is 61.1 Å². The van der Waals surface area contributed by atoms with Crippen LogP contribution in [0.25, 0.3) is 11.0 Å². The van der Waals surface area contributed by atoms with Gasteiger partial charge in [0.1, 0.15) is 22.0 Å². The minimum absolute atomic E-state index is 0.0387. The number of anilines is 2. The number of amides is 1. The Morgan fingerprint density at radius 2 is 1.77 bits per heavy atom. The molecule has 2 aliphatic heterocycles. The van der Waals surface area contributed by atoms with E-state index in [-0.39, 0.29) is 23.0 Å². The van der Waals surface area contributed by atoms with Gasteiger partial charge in [-0.05, 0) is 130 Å². The number of aromatic amines is 1. The number of carbonyl (C=O) groups is 1. The molecule has 1 amide bonds. The largest absolute Gasteiger partial charge is 0.455 e. The third-order valence-corrected chi connectivity index (χ3v) is 15.7. The fraction of sp³-hybridized carbons (Fsp3) is 0.479. The van der Waals surface area contributed by atoms with Crippen molar-refractivity contribution in [3.8, 4) is 11.5 Å². The number of piperidine rings is 1. The zero-order chi connectivity index (χ0) is 44.8. The highest BCUT2D eigenvalue weighted by atomic mass is 32.2. The van der Waals surface area contributed by atoms with E-state index in [9.17, 15) is 28.4 Å². The number of carbonyl (C=O) groups excluding carboxylic acids is 1. The summed E-state index contributed by atoms with van der Waals surface area (Å²) in [4.78, 5) is 41.5. The lowest BCUT2D eigenvalue weighted by molar-refractivity contribution is -0.384. The van der Waals surface area contributed by atoms with E-state index in [0.717, 1.165) is 68.7 Å². The van der Waals surface area contributed by atoms with Crippen molar-refractivity contribution in [1.29, 1.82) is 0 Å². The summed E-state index contributed by atoms with van der Waals surface area (Å²) in [6, 6.07) is 19.7. The van der Waals surface area contributed by atoms with Crippen LogP contribution in [0.2, 0.25) is 0 Å². The lowest BCUT2D eigenvalue weighted by Gasteiger charge is -2.56. The quantitative estimate of drug-likeness (QED) is 0.0649. The van der Waals surface area contributed by atoms with Crippen molar-refractivity contribution in [3.05, 3.63) is 106 Å². The number of fused-ring (bicyclic) bond motifs is 1. The summed E-state index contributed by atoms with van der Waals surface area (Å²) < 4.78 is 35.8. The van der Waals surface area contributed by atoms with Crippen LogP contribution in [0.1, 0.15) is 118 Å². The maximum Gasteiger partial charge on any atom is 0.312 e. The molecule has 2 aliphatic carbocycles. The Bertz CT molecular complexity index is 2640. The molecule has 0 bridgehead atoms. The van der Waals surface area contributed by atoms with Crippen LogP contribution in [-0.4, -0.2) is 82.0 Å². The van der Waals surface area contributed by atoms with Crippen molar-refractivity contribution < 1.29 is 28.0 Å². The molecule has 3 aromatic heterocycles. The van der Waals surface area contributed by atoms with Crippen molar-refractivity contribution >= 4 is 44.2 Å². The number of nitro groups is 1. The van der Waals surface area contributed by atoms with Gasteiger partial charge in [0.2, 0.25) is 5.82 Å². The van der Waals surface area contributed by atoms with Gasteiger partial charge in [0.25, 0.3) is 15.9 Å². The number of ether oxygens (including phenoxy) is 1. The third kappa shape index (κ3) is 9.04. The molecule has 338 valence electrons. The van der Waals surface area contributed by atoms with Crippen molar-refractivity contribution in [2.24, 2.45) is 11.3 Å². The molecule has 0 radical (unpaired) electrons. The number of sulfonamides is 1. The summed E-state index contributed by atoms with van der Waals surface area (Å²) in [5, 5.41) is 26.2. The van der Waals surface area contributed by atoms with Gasteiger partial charge in [-0.3, -0.25) is 19.8 Å². The molecule has 1 atom stereocenters. The first-order valence-corrected chi connectivity index (χ1v) is 24.2. The molecule has 2 saturated heterocycles. The van der Waals surface area contributed by atoms with E-state index in [4.69, 9.17) is 4.74 Å². The van der Waals surface area contributed by atoms with Crippen molar-refractivity contribution in [1.82, 2.24) is 24.6 Å². The summed E-state index contributed by atoms with van der Waals surface area (Å²) in [5.74, 6) is 0.117. The van der Waals surface area contributed by atoms with E-state index in [1.165, 1.54) is 43.0 Å². The molecule has 15 nitrogen and oxygen atoms in total. The first kappa shape index (κ1) is 43.7. The molecule has 2 aromatic carbocycles. The number of aromatic nitrogens is 3. The molecule has 4 aliphatic rings. The maximum absolute atomic E-state index is 14.0. The molecule has 4 N–H and O–H groups in total. The Hall–Kier alpha value is -5.58. The van der Waals surface area contributed by atoms with Gasteiger partial charge in [0.15, 0.2) is 0 Å². The number of hydrogen-bond donors (Lipinski definition) is 4. The summed E-state index contributed by atoms with van der Waals surface area (Å²) in [7, 11) is -4.62. The van der Waals surface area contributed by atoms with Crippen molar-refractivity contribution in [2.75, 3.05) is 36.4 Å². The number of likely N-dealkylation sites (tertiary alicyclic amines) is 1. The maximum atomic E-state index is 14.0. The van der Waals surface area contributed by atoms with Crippen LogP contribution >= 0.6 is 0 Å². The Kier molecular flexibility index (Phi) is 11.9. The smallest absolute Gasteiger partial charge is 0.312 e. The van der Waals surface area contributed by atoms with Gasteiger partial charge >= 0.3 is 5.69 Å². The molecule has 5 heterocycles. The number of nitrogens with zero attached hydrogens (tertiary/aromatic N) is 5. The van der Waals surface area contributed by atoms with Gasteiger partial charge in [-0.25, -0.2) is 23.1 Å². The van der Waals surface area contributed by atoms with Crippen LogP contribution in [0.15, 0.2) is 84.1 Å². The Morgan fingerprint density at radius 3 is 2.52 bits per heavy atom. The molecule has 9 rings (SSSR count). The van der Waals surface area contributed by atoms with Gasteiger partial charge in [-0.2, -0.15) is 0 Å². The highest BCUT2D eigenvalue weighted by Crippen LogP contribution is 2.54. The van der Waals surface area contributed by atoms with Crippen molar-refractivity contribution in [3.63, 3.8) is 0 Å². The van der Waals surface area contributed by atoms with Gasteiger partial charge in [-0.1, -0.05) is 38.1 Å². The molecule has 2 saturated carbocycles. The molecular formula is C48H58N8O7S. The number of H-pyrrole nitrogens is 1. The Balaban J connectivity index is 0.895. The summed E-state index contributed by atoms with van der Waals surface area (Å²) in [6.07, 6.45) is 13.9. The zero-order valence-corrected chi connectivity index (χ0v) is 37.6. The van der Waals surface area contributed by atoms with E-state index in [1.807, 2.05) is 12.1 Å². The summed E-state index contributed by atoms with van der Waals surface area (Å²) >= 11 is 0. The van der Waals surface area contributed by atoms with Crippen LogP contribution in [-0.2, 0) is 10.0 Å². The van der Waals surface area contributed by atoms with E-state index in [2.05, 4.69) is 72.9 Å². The van der Waals surface area contributed by atoms with Crippen LogP contribution in [0, 0.1) is 21.4 Å². The lowest BCUT2D eigenvalue weighted by Crippen LogP contribution is -2.54. The lowest BCUT2D eigenvalue weighted by atomic mass is 9.59. The van der Waals surface area contributed by atoms with Crippen LogP contribution in [0.5, 0.6) is 11.5 Å². The van der Waals surface area contributed by atoms with Crippen LogP contribution in [0.4, 0.5) is 17.2 Å². The Labute approximate surface area is 374 Å². The van der Waals surface area contributed by atoms with Crippen molar-refractivity contribution in [2.45, 2.75) is 113 Å². The number of nitrogens with one attached hydrogen (secondary N) is 3. The fourth-order valence-corrected chi connectivity index (χ4v) is 11.6. The second-order valence-electron chi connectivity index (χ2n) is 19.1. The SMILES string of the molecule is CC(C)c1ccccc1[C@@H]1CCCN1C1CC2(CCN(c3ccc(C(=O)NS(=O)(=O)c4cnc(NC[C@H]5CC[C@](C)(O)CC5)c([N+](=O)[O-])c4)c(Oc4cnc5[nH]ccc5c4)c3)CC2)C1. The predicted octanol–water partition coefficient (Wildman–Crippen LogP) is 8.84. The molecule has 5 aromatic rings. The number of hydrogen-bond acceptors (Lipinski definition) is 12. The molecule has 64 heavy (non-hydrogen) atoms. The molecule has 1 spiro atoms. The third-order valence-electron chi connectivity index (χ3n) is 14.4. The first-order chi connectivity index (χ1) is 30.7. The number of rotatable bonds is 13. The highest BCUT2D eigenvalue weighted by Gasteiger charge is 2.50. The van der Waals surface area contributed by atoms with E-state index in [0.29, 0.717) is 54.2 Å². The molecular weight excluding hydrogens is 833 g/mol. The second-order valence-corrected chi connectivity index (χ2v) is 20.8. The summed E-state index contributed by atoms with van der Waals surface area (Å²) in [6.45, 7) is 9.57. The topological polar surface area (TPSA) is 196 Å². The number of aliphatic hydroxyl groups is 1. The monoisotopic (exact) mass is 890 g/mol. The second kappa shape index (κ2) is 17.4. The minimum atomic E-state index is -4.62. The minimum Gasteiger partial charge on any atom is -0.455 e. The van der Waals surface area contributed by atoms with E-state index in [1.54, 1.807) is 31.3 Å². The van der Waals surface area contributed by atoms with Gasteiger partial charge in [-0.15, -0.1) is 0 Å². The highest BCUT2D eigenvalue weighted by molar-refractivity contribution is 7.90.